The maximum atomic E-state index is 12.6. The summed E-state index contributed by atoms with van der Waals surface area (Å²) in [7, 11) is 0. The number of benzene rings is 1. The summed E-state index contributed by atoms with van der Waals surface area (Å²) in [6.45, 7) is 8.72. The molecule has 2 aliphatic rings. The van der Waals surface area contributed by atoms with Crippen LogP contribution in [0.3, 0.4) is 0 Å². The Morgan fingerprint density at radius 1 is 1.16 bits per heavy atom. The number of hydrogen-bond acceptors (Lipinski definition) is 5. The van der Waals surface area contributed by atoms with E-state index >= 15 is 0 Å². The molecule has 2 heterocycles. The molecule has 25 heavy (non-hydrogen) atoms. The zero-order valence-electron chi connectivity index (χ0n) is 15.1. The van der Waals surface area contributed by atoms with Crippen LogP contribution in [-0.2, 0) is 4.74 Å². The van der Waals surface area contributed by atoms with Crippen molar-refractivity contribution in [2.75, 3.05) is 39.6 Å². The van der Waals surface area contributed by atoms with Crippen molar-refractivity contribution in [3.63, 3.8) is 0 Å². The molecule has 6 nitrogen and oxygen atoms in total. The van der Waals surface area contributed by atoms with Crippen molar-refractivity contribution in [2.45, 2.75) is 32.7 Å². The highest BCUT2D eigenvalue weighted by molar-refractivity contribution is 5.94. The minimum atomic E-state index is -0.0671. The summed E-state index contributed by atoms with van der Waals surface area (Å²) in [5, 5.41) is 3.12. The second kappa shape index (κ2) is 8.54. The molecule has 0 aromatic heterocycles. The lowest BCUT2D eigenvalue weighted by Gasteiger charge is -2.38. The van der Waals surface area contributed by atoms with Crippen molar-refractivity contribution >= 4 is 5.91 Å². The van der Waals surface area contributed by atoms with Crippen molar-refractivity contribution in [2.24, 2.45) is 5.92 Å². The highest BCUT2D eigenvalue weighted by atomic mass is 16.7. The third-order valence-electron chi connectivity index (χ3n) is 5.21. The molecule has 3 rings (SSSR count). The Balaban J connectivity index is 1.64. The van der Waals surface area contributed by atoms with Gasteiger partial charge in [0.1, 0.15) is 0 Å². The first-order valence-corrected chi connectivity index (χ1v) is 9.22. The molecule has 0 radical (unpaired) electrons. The molecule has 1 fully saturated rings. The van der Waals surface area contributed by atoms with E-state index in [0.29, 0.717) is 35.6 Å². The number of nitrogens with one attached hydrogen (secondary N) is 1. The average molecular weight is 348 g/mol. The second-order valence-electron chi connectivity index (χ2n) is 6.57. The number of carbonyl (C=O) groups excluding carboxylic acids is 1. The molecule has 0 bridgehead atoms. The largest absolute Gasteiger partial charge is 0.454 e. The van der Waals surface area contributed by atoms with E-state index in [1.807, 2.05) is 0 Å². The lowest BCUT2D eigenvalue weighted by Crippen LogP contribution is -2.52. The predicted molar refractivity (Wildman–Crippen MR) is 95.2 cm³/mol. The van der Waals surface area contributed by atoms with Crippen LogP contribution in [0.25, 0.3) is 0 Å². The van der Waals surface area contributed by atoms with Crippen molar-refractivity contribution in [1.29, 1.82) is 0 Å². The Kier molecular flexibility index (Phi) is 6.15. The van der Waals surface area contributed by atoms with E-state index < -0.39 is 0 Å². The number of amides is 1. The molecule has 1 atom stereocenters. The van der Waals surface area contributed by atoms with Crippen molar-refractivity contribution in [3.8, 4) is 11.5 Å². The fourth-order valence-corrected chi connectivity index (χ4v) is 3.67. The van der Waals surface area contributed by atoms with E-state index in [9.17, 15) is 4.79 Å². The Morgan fingerprint density at radius 3 is 2.60 bits per heavy atom. The third kappa shape index (κ3) is 4.25. The SMILES string of the molecule is CCC(CC)[C@@H](CNC(=O)c1ccc2c(c1)OCO2)N1CCOCC1. The van der Waals surface area contributed by atoms with E-state index in [0.717, 1.165) is 39.1 Å². The van der Waals surface area contributed by atoms with Crippen molar-refractivity contribution in [1.82, 2.24) is 10.2 Å². The number of morpholine rings is 1. The summed E-state index contributed by atoms with van der Waals surface area (Å²) in [6.07, 6.45) is 2.22. The van der Waals surface area contributed by atoms with Crippen molar-refractivity contribution in [3.05, 3.63) is 23.8 Å². The molecule has 1 aromatic rings. The first-order valence-electron chi connectivity index (χ1n) is 9.22. The lowest BCUT2D eigenvalue weighted by molar-refractivity contribution is 0.00191. The van der Waals surface area contributed by atoms with E-state index in [1.165, 1.54) is 0 Å². The van der Waals surface area contributed by atoms with Gasteiger partial charge >= 0.3 is 0 Å². The quantitative estimate of drug-likeness (QED) is 0.819. The monoisotopic (exact) mass is 348 g/mol. The van der Waals surface area contributed by atoms with Crippen LogP contribution in [-0.4, -0.2) is 56.5 Å². The Hall–Kier alpha value is -1.79. The van der Waals surface area contributed by atoms with Gasteiger partial charge in [-0.05, 0) is 24.1 Å². The number of hydrogen-bond donors (Lipinski definition) is 1. The standard InChI is InChI=1S/C19H28N2O4/c1-3-14(4-2)16(21-7-9-23-10-8-21)12-20-19(22)15-5-6-17-18(11-15)25-13-24-17/h5-6,11,14,16H,3-4,7-10,12-13H2,1-2H3,(H,20,22)/t16-/m1/s1. The highest BCUT2D eigenvalue weighted by Gasteiger charge is 2.27. The molecule has 0 saturated carbocycles. The Labute approximate surface area is 149 Å². The van der Waals surface area contributed by atoms with Gasteiger partial charge in [0, 0.05) is 31.2 Å². The summed E-state index contributed by atoms with van der Waals surface area (Å²) >= 11 is 0. The fraction of sp³-hybridized carbons (Fsp3) is 0.632. The van der Waals surface area contributed by atoms with Crippen LogP contribution < -0.4 is 14.8 Å². The summed E-state index contributed by atoms with van der Waals surface area (Å²) in [6, 6.07) is 5.66. The molecule has 0 spiro atoms. The molecule has 2 aliphatic heterocycles. The Bertz CT molecular complexity index is 583. The van der Waals surface area contributed by atoms with Crippen LogP contribution in [0.2, 0.25) is 0 Å². The normalized spacial score (nSPS) is 18.4. The number of rotatable bonds is 7. The van der Waals surface area contributed by atoms with Gasteiger partial charge in [-0.1, -0.05) is 26.7 Å². The molecule has 0 unspecified atom stereocenters. The van der Waals surface area contributed by atoms with Gasteiger partial charge in [-0.2, -0.15) is 0 Å². The topological polar surface area (TPSA) is 60.0 Å². The minimum Gasteiger partial charge on any atom is -0.454 e. The number of fused-ring (bicyclic) bond motifs is 1. The molecule has 0 aliphatic carbocycles. The average Bonchev–Trinajstić information content (AvgIpc) is 3.13. The maximum absolute atomic E-state index is 12.6. The summed E-state index contributed by atoms with van der Waals surface area (Å²) in [5.41, 5.74) is 0.606. The molecular weight excluding hydrogens is 320 g/mol. The number of ether oxygens (including phenoxy) is 3. The van der Waals surface area contributed by atoms with E-state index in [1.54, 1.807) is 18.2 Å². The number of carbonyl (C=O) groups is 1. The van der Waals surface area contributed by atoms with E-state index in [-0.39, 0.29) is 12.7 Å². The van der Waals surface area contributed by atoms with Gasteiger partial charge in [-0.15, -0.1) is 0 Å². The zero-order valence-corrected chi connectivity index (χ0v) is 15.1. The van der Waals surface area contributed by atoms with Gasteiger partial charge in [-0.25, -0.2) is 0 Å². The second-order valence-corrected chi connectivity index (χ2v) is 6.57. The molecule has 1 amide bonds. The van der Waals surface area contributed by atoms with Gasteiger partial charge in [0.2, 0.25) is 6.79 Å². The molecule has 6 heteroatoms. The van der Waals surface area contributed by atoms with Crippen LogP contribution >= 0.6 is 0 Å². The van der Waals surface area contributed by atoms with E-state index in [2.05, 4.69) is 24.1 Å². The minimum absolute atomic E-state index is 0.0671. The van der Waals surface area contributed by atoms with Gasteiger partial charge in [0.05, 0.1) is 13.2 Å². The van der Waals surface area contributed by atoms with Crippen LogP contribution in [0.1, 0.15) is 37.0 Å². The molecule has 138 valence electrons. The van der Waals surface area contributed by atoms with Crippen LogP contribution in [0.5, 0.6) is 11.5 Å². The Morgan fingerprint density at radius 2 is 1.88 bits per heavy atom. The molecular formula is C19H28N2O4. The van der Waals surface area contributed by atoms with E-state index in [4.69, 9.17) is 14.2 Å². The van der Waals surface area contributed by atoms with Gasteiger partial charge in [0.15, 0.2) is 11.5 Å². The van der Waals surface area contributed by atoms with Crippen LogP contribution in [0.15, 0.2) is 18.2 Å². The fourth-order valence-electron chi connectivity index (χ4n) is 3.67. The summed E-state index contributed by atoms with van der Waals surface area (Å²) < 4.78 is 16.1. The van der Waals surface area contributed by atoms with Crippen LogP contribution in [0.4, 0.5) is 0 Å². The summed E-state index contributed by atoms with van der Waals surface area (Å²) in [5.74, 6) is 1.83. The summed E-state index contributed by atoms with van der Waals surface area (Å²) in [4.78, 5) is 15.0. The predicted octanol–water partition coefficient (Wildman–Crippen LogP) is 2.28. The lowest BCUT2D eigenvalue weighted by atomic mass is 9.92. The molecule has 1 saturated heterocycles. The number of nitrogens with zero attached hydrogens (tertiary/aromatic N) is 1. The maximum Gasteiger partial charge on any atom is 0.251 e. The van der Waals surface area contributed by atoms with Gasteiger partial charge in [-0.3, -0.25) is 9.69 Å². The highest BCUT2D eigenvalue weighted by Crippen LogP contribution is 2.32. The van der Waals surface area contributed by atoms with Crippen LogP contribution in [0, 0.1) is 5.92 Å². The molecule has 1 N–H and O–H groups in total. The first kappa shape index (κ1) is 18.0. The third-order valence-corrected chi connectivity index (χ3v) is 5.21. The first-order chi connectivity index (χ1) is 12.2. The molecule has 1 aromatic carbocycles. The smallest absolute Gasteiger partial charge is 0.251 e. The van der Waals surface area contributed by atoms with Crippen molar-refractivity contribution < 1.29 is 19.0 Å². The van der Waals surface area contributed by atoms with Gasteiger partial charge in [0.25, 0.3) is 5.91 Å². The van der Waals surface area contributed by atoms with Gasteiger partial charge < -0.3 is 19.5 Å². The zero-order chi connectivity index (χ0) is 17.6.